The van der Waals surface area contributed by atoms with Crippen molar-refractivity contribution in [2.75, 3.05) is 5.43 Å². The van der Waals surface area contributed by atoms with Crippen LogP contribution in [0.3, 0.4) is 0 Å². The number of pyridine rings is 1. The second-order valence-electron chi connectivity index (χ2n) is 30.0. The van der Waals surface area contributed by atoms with Crippen molar-refractivity contribution in [3.05, 3.63) is 180 Å². The Morgan fingerprint density at radius 2 is 0.763 bits per heavy atom. The number of halogens is 1. The first-order chi connectivity index (χ1) is 46.1. The third-order valence-electron chi connectivity index (χ3n) is 28.0. The van der Waals surface area contributed by atoms with Crippen LogP contribution >= 0.6 is 15.9 Å². The predicted molar refractivity (Wildman–Crippen MR) is 385 cm³/mol. The Labute approximate surface area is 521 Å². The molecule has 1 aromatic heterocycles. The first-order valence-electron chi connectivity index (χ1n) is 32.9. The van der Waals surface area contributed by atoms with Gasteiger partial charge in [-0.15, -0.1) is 0 Å². The highest BCUT2D eigenvalue weighted by atomic mass is 79.9. The van der Waals surface area contributed by atoms with Crippen molar-refractivity contribution in [3.63, 3.8) is 0 Å². The monoisotopic (exact) mass is 1220 g/mol. The van der Waals surface area contributed by atoms with Gasteiger partial charge in [0, 0.05) is 87.6 Å². The maximum atomic E-state index is 18.9. The van der Waals surface area contributed by atoms with Crippen molar-refractivity contribution >= 4 is 302 Å². The van der Waals surface area contributed by atoms with E-state index in [9.17, 15) is 0 Å². The molecule has 0 bridgehead atoms. The molecule has 7 heteroatoms. The van der Waals surface area contributed by atoms with Crippen molar-refractivity contribution in [1.82, 2.24) is 4.98 Å². The predicted octanol–water partition coefficient (Wildman–Crippen LogP) is 20.4. The molecule has 0 radical (unpaired) electrons. The van der Waals surface area contributed by atoms with Crippen LogP contribution in [0.25, 0.3) is 269 Å². The number of ketones is 1. The Hall–Kier alpha value is -11.5. The first-order valence-corrected chi connectivity index (χ1v) is 33.7. The van der Waals surface area contributed by atoms with Crippen molar-refractivity contribution in [1.29, 1.82) is 0 Å². The lowest BCUT2D eigenvalue weighted by Crippen LogP contribution is -2.54. The van der Waals surface area contributed by atoms with Gasteiger partial charge in [-0.1, -0.05) is 82.7 Å². The van der Waals surface area contributed by atoms with E-state index in [-0.39, 0.29) is 11.2 Å². The van der Waals surface area contributed by atoms with E-state index in [0.717, 1.165) is 81.7 Å². The van der Waals surface area contributed by atoms with Crippen molar-refractivity contribution in [2.45, 2.75) is 17.4 Å². The number of anilines is 1. The number of carbonyl (C=O) groups is 1. The molecule has 29 aromatic carbocycles. The van der Waals surface area contributed by atoms with Crippen molar-refractivity contribution < 1.29 is 4.79 Å². The van der Waals surface area contributed by atoms with Crippen LogP contribution in [-0.4, -0.2) is 16.5 Å². The third kappa shape index (κ3) is 2.83. The molecule has 3 aliphatic carbocycles. The normalized spacial score (nSPS) is 19.7. The number of Topliss-reactive ketones (excluding diaryl/α,β-unsaturated/α-hetero) is 1. The highest BCUT2D eigenvalue weighted by Crippen LogP contribution is 2.79. The molecule has 93 heavy (non-hydrogen) atoms. The van der Waals surface area contributed by atoms with E-state index in [0.29, 0.717) is 22.9 Å². The average Bonchev–Trinajstić information content (AvgIpc) is 1.42. The maximum Gasteiger partial charge on any atom is 0.214 e. The van der Waals surface area contributed by atoms with Gasteiger partial charge in [0.15, 0.2) is 11.3 Å². The summed E-state index contributed by atoms with van der Waals surface area (Å²) in [5.74, 6) is 0.105. The fourth-order valence-electron chi connectivity index (χ4n) is 26.4. The summed E-state index contributed by atoms with van der Waals surface area (Å²) in [4.78, 5) is 49.5. The molecule has 6 nitrogen and oxygen atoms in total. The highest BCUT2D eigenvalue weighted by molar-refractivity contribution is 9.10. The van der Waals surface area contributed by atoms with E-state index >= 15 is 9.59 Å². The quantitative estimate of drug-likeness (QED) is 0.137. The van der Waals surface area contributed by atoms with Crippen LogP contribution < -0.4 is 16.2 Å². The number of aliphatic imine (C=N–C) groups is 1. The van der Waals surface area contributed by atoms with Gasteiger partial charge in [0.2, 0.25) is 5.43 Å². The van der Waals surface area contributed by atoms with E-state index in [1.54, 1.807) is 0 Å². The van der Waals surface area contributed by atoms with Gasteiger partial charge < -0.3 is 0 Å². The topological polar surface area (TPSA) is 83.8 Å². The molecule has 2 atom stereocenters. The molecule has 0 saturated carbocycles. The fourth-order valence-corrected chi connectivity index (χ4v) is 26.7. The standard InChI is InChI=1S/C86H21BrN4O2/c87-22-14-16-23(17-15-22)90-91-81-76-34-29-24-19-25-28-27(24)31-36-33(29)40-41(34)47-59-51-46(40)48-42(36)44-38(31)39-32(28)37-35-30(25)84(93)85(21-11-5-2-6-12-21)79-74(35)69-64-43(37)45(39)50-49(44)53-52(48)54(51)57-58-55(53)56(50)60(64)65-62(58)66-61(57)63(59)68-67(47)72(76)77(82(81)92)78-73(68)71(66)75(70(65)69)80(79)86(78,26-13-7-8-18-88-26)89-83(85)20-9-3-1-4-10-20/h1-18,90H,19H2/b91-81+. The summed E-state index contributed by atoms with van der Waals surface area (Å²) < 4.78 is 0.968. The molecule has 1 aliphatic heterocycles. The SMILES string of the molecule is O=C1c2c3c4c5c(c6c7c8/c(=N\Nc9ccc(Br)cc9)c(=O)c9c%10c%11c%12c%13c%14c(c%15c2c2c4c4c%16c5c5c6c6c7c7c(c98)c%11c8c9c%12c%11c%12c%13c%15c%13c2c4c2c(c%13%12)c4c%11c9c9c(c87)c6c6c5c%16c2c4c69)C1(c1ccccc1)C(c1ccccc1)=NC%14%10c1ccccn1)C3. The first kappa shape index (κ1) is 40.3. The van der Waals surface area contributed by atoms with Crippen LogP contribution in [0, 0.1) is 0 Å². The molecule has 1 N–H and O–H groups in total. The summed E-state index contributed by atoms with van der Waals surface area (Å²) in [5, 5.41) is 72.8. The minimum absolute atomic E-state index is 0.0984. The Kier molecular flexibility index (Phi) is 4.61. The van der Waals surface area contributed by atoms with Crippen LogP contribution in [0.4, 0.5) is 5.69 Å². The summed E-state index contributed by atoms with van der Waals surface area (Å²) in [7, 11) is 0. The largest absolute Gasteiger partial charge is 0.292 e. The maximum absolute atomic E-state index is 18.9. The summed E-state index contributed by atoms with van der Waals surface area (Å²) in [5.41, 5.74) is 10.8. The van der Waals surface area contributed by atoms with Gasteiger partial charge in [-0.3, -0.25) is 25.0 Å². The molecule has 34 rings (SSSR count). The minimum atomic E-state index is -1.50. The van der Waals surface area contributed by atoms with E-state index in [1.165, 1.54) is 243 Å². The number of fused-ring (bicyclic) bond motifs is 6. The lowest BCUT2D eigenvalue weighted by atomic mass is 9.53. The number of nitrogens with zero attached hydrogens (tertiary/aromatic N) is 3. The zero-order valence-corrected chi connectivity index (χ0v) is 49.2. The number of benzene rings is 20. The van der Waals surface area contributed by atoms with Gasteiger partial charge in [0.1, 0.15) is 10.8 Å². The van der Waals surface area contributed by atoms with E-state index in [4.69, 9.17) is 15.1 Å². The van der Waals surface area contributed by atoms with Crippen LogP contribution in [0.1, 0.15) is 55.0 Å². The van der Waals surface area contributed by atoms with Crippen molar-refractivity contribution in [2.24, 2.45) is 10.1 Å². The van der Waals surface area contributed by atoms with E-state index < -0.39 is 11.0 Å². The second-order valence-corrected chi connectivity index (χ2v) is 30.9. The van der Waals surface area contributed by atoms with Gasteiger partial charge >= 0.3 is 0 Å². The minimum Gasteiger partial charge on any atom is -0.292 e. The molecule has 404 valence electrons. The summed E-state index contributed by atoms with van der Waals surface area (Å²) in [6, 6.07) is 36.2. The third-order valence-corrected chi connectivity index (χ3v) is 28.5. The molecule has 30 aromatic rings. The number of carbonyl (C=O) groups excluding carboxylic acids is 1. The molecular weight excluding hydrogens is 1200 g/mol. The van der Waals surface area contributed by atoms with Gasteiger partial charge in [0.25, 0.3) is 0 Å². The Morgan fingerprint density at radius 3 is 1.27 bits per heavy atom. The second kappa shape index (κ2) is 10.7. The molecule has 0 saturated heterocycles. The smallest absolute Gasteiger partial charge is 0.214 e. The molecule has 4 aliphatic rings. The average molecular weight is 1220 g/mol. The van der Waals surface area contributed by atoms with Gasteiger partial charge in [-0.2, -0.15) is 5.10 Å². The number of aromatic nitrogens is 1. The zero-order valence-electron chi connectivity index (χ0n) is 47.6. The fraction of sp³-hybridized carbons (Fsp3) is 0.0349. The lowest BCUT2D eigenvalue weighted by Gasteiger charge is -2.50. The van der Waals surface area contributed by atoms with E-state index in [1.807, 2.05) is 36.5 Å². The number of hydrogen-bond donors (Lipinski definition) is 1. The Morgan fingerprint density at radius 1 is 0.366 bits per heavy atom. The molecular formula is C86H21BrN4O2. The van der Waals surface area contributed by atoms with E-state index in [2.05, 4.69) is 94.2 Å². The number of nitrogens with one attached hydrogen (secondary N) is 1. The molecule has 0 fully saturated rings. The highest BCUT2D eigenvalue weighted by Gasteiger charge is 2.64. The van der Waals surface area contributed by atoms with Gasteiger partial charge in [0.05, 0.1) is 17.1 Å². The molecule has 2 heterocycles. The Bertz CT molecular complexity index is 9030. The summed E-state index contributed by atoms with van der Waals surface area (Å²) in [6.07, 6.45) is 2.53. The Balaban J connectivity index is 1.04. The van der Waals surface area contributed by atoms with Crippen LogP contribution in [0.2, 0.25) is 0 Å². The van der Waals surface area contributed by atoms with Crippen LogP contribution in [0.5, 0.6) is 0 Å². The zero-order chi connectivity index (χ0) is 57.8. The number of rotatable bonds is 5. The van der Waals surface area contributed by atoms with Gasteiger partial charge in [-0.05, 0) is 280 Å². The molecule has 0 spiro atoms. The summed E-state index contributed by atoms with van der Waals surface area (Å²) in [6.45, 7) is 0. The van der Waals surface area contributed by atoms with Crippen LogP contribution in [-0.2, 0) is 17.4 Å². The van der Waals surface area contributed by atoms with Crippen LogP contribution in [0.15, 0.2) is 129 Å². The van der Waals surface area contributed by atoms with Gasteiger partial charge in [-0.25, -0.2) is 0 Å². The number of hydrogen-bond acceptors (Lipinski definition) is 6. The summed E-state index contributed by atoms with van der Waals surface area (Å²) >= 11 is 3.72. The lowest BCUT2D eigenvalue weighted by molar-refractivity contribution is 0.0947. The molecule has 0 amide bonds. The van der Waals surface area contributed by atoms with Crippen molar-refractivity contribution in [3.8, 4) is 0 Å². The molecule has 2 unspecified atom stereocenters.